The molecule has 118 valence electrons. The quantitative estimate of drug-likeness (QED) is 0.941. The van der Waals surface area contributed by atoms with Crippen LogP contribution in [0.5, 0.6) is 0 Å². The first-order chi connectivity index (χ1) is 11.0. The van der Waals surface area contributed by atoms with Gasteiger partial charge in [-0.2, -0.15) is 5.26 Å². The maximum Gasteiger partial charge on any atom is 0.317 e. The van der Waals surface area contributed by atoms with Gasteiger partial charge in [0.25, 0.3) is 0 Å². The second-order valence-electron chi connectivity index (χ2n) is 5.41. The van der Waals surface area contributed by atoms with Gasteiger partial charge in [-0.1, -0.05) is 24.3 Å². The van der Waals surface area contributed by atoms with Gasteiger partial charge in [-0.3, -0.25) is 0 Å². The lowest BCUT2D eigenvalue weighted by Crippen LogP contribution is -2.36. The Hall–Kier alpha value is -2.87. The van der Waals surface area contributed by atoms with Gasteiger partial charge in [0.2, 0.25) is 0 Å². The fraction of sp³-hybridized carbons (Fsp3) is 0.222. The molecule has 0 aliphatic carbocycles. The Balaban J connectivity index is 1.89. The van der Waals surface area contributed by atoms with Gasteiger partial charge in [0.1, 0.15) is 5.82 Å². The van der Waals surface area contributed by atoms with Crippen LogP contribution in [-0.2, 0) is 13.1 Å². The number of hydrogen-bond donors (Lipinski definition) is 1. The Kier molecular flexibility index (Phi) is 5.32. The average Bonchev–Trinajstić information content (AvgIpc) is 2.56. The fourth-order valence-electron chi connectivity index (χ4n) is 2.09. The van der Waals surface area contributed by atoms with E-state index in [2.05, 4.69) is 11.4 Å². The molecule has 0 spiro atoms. The molecule has 1 N–H and O–H groups in total. The zero-order valence-electron chi connectivity index (χ0n) is 13.1. The van der Waals surface area contributed by atoms with Crippen molar-refractivity contribution in [1.29, 1.82) is 5.26 Å². The van der Waals surface area contributed by atoms with E-state index in [4.69, 9.17) is 5.26 Å². The molecule has 0 unspecified atom stereocenters. The molecule has 4 nitrogen and oxygen atoms in total. The van der Waals surface area contributed by atoms with Crippen molar-refractivity contribution in [3.63, 3.8) is 0 Å². The summed E-state index contributed by atoms with van der Waals surface area (Å²) in [4.78, 5) is 13.6. The largest absolute Gasteiger partial charge is 0.334 e. The van der Waals surface area contributed by atoms with E-state index in [1.165, 1.54) is 11.0 Å². The maximum absolute atomic E-state index is 13.5. The summed E-state index contributed by atoms with van der Waals surface area (Å²) < 4.78 is 13.5. The lowest BCUT2D eigenvalue weighted by Gasteiger charge is -2.18. The zero-order chi connectivity index (χ0) is 16.8. The SMILES string of the molecule is Cc1ccc(CNC(=O)N(C)Cc2ccc(C#N)cc2)cc1F. The van der Waals surface area contributed by atoms with Gasteiger partial charge in [-0.15, -0.1) is 0 Å². The third-order valence-electron chi connectivity index (χ3n) is 3.53. The fourth-order valence-corrected chi connectivity index (χ4v) is 2.09. The molecular formula is C18H18FN3O. The monoisotopic (exact) mass is 311 g/mol. The standard InChI is InChI=1S/C18H18FN3O/c1-13-3-4-16(9-17(13)19)11-21-18(23)22(2)12-15-7-5-14(10-20)6-8-15/h3-9H,11-12H2,1-2H3,(H,21,23). The first-order valence-electron chi connectivity index (χ1n) is 7.22. The minimum absolute atomic E-state index is 0.240. The number of hydrogen-bond acceptors (Lipinski definition) is 2. The van der Waals surface area contributed by atoms with Crippen LogP contribution < -0.4 is 5.32 Å². The Morgan fingerprint density at radius 1 is 1.22 bits per heavy atom. The van der Waals surface area contributed by atoms with Gasteiger partial charge in [-0.05, 0) is 41.8 Å². The third-order valence-corrected chi connectivity index (χ3v) is 3.53. The molecule has 0 aliphatic rings. The summed E-state index contributed by atoms with van der Waals surface area (Å²) in [6, 6.07) is 13.8. The zero-order valence-corrected chi connectivity index (χ0v) is 13.1. The van der Waals surface area contributed by atoms with E-state index in [1.807, 2.05) is 12.1 Å². The van der Waals surface area contributed by atoms with E-state index in [0.29, 0.717) is 23.2 Å². The van der Waals surface area contributed by atoms with Crippen LogP contribution in [0.25, 0.3) is 0 Å². The lowest BCUT2D eigenvalue weighted by molar-refractivity contribution is 0.206. The van der Waals surface area contributed by atoms with E-state index in [-0.39, 0.29) is 18.4 Å². The van der Waals surface area contributed by atoms with Gasteiger partial charge >= 0.3 is 6.03 Å². The van der Waals surface area contributed by atoms with Crippen LogP contribution in [-0.4, -0.2) is 18.0 Å². The minimum atomic E-state index is -0.275. The molecule has 2 amide bonds. The highest BCUT2D eigenvalue weighted by atomic mass is 19.1. The molecule has 0 saturated carbocycles. The highest BCUT2D eigenvalue weighted by Crippen LogP contribution is 2.09. The number of aryl methyl sites for hydroxylation is 1. The first kappa shape index (κ1) is 16.5. The predicted molar refractivity (Wildman–Crippen MR) is 86.0 cm³/mol. The van der Waals surface area contributed by atoms with Crippen LogP contribution in [0.1, 0.15) is 22.3 Å². The molecule has 0 atom stereocenters. The van der Waals surface area contributed by atoms with Gasteiger partial charge in [0.15, 0.2) is 0 Å². The number of amides is 2. The second kappa shape index (κ2) is 7.41. The molecule has 2 aromatic carbocycles. The summed E-state index contributed by atoms with van der Waals surface area (Å²) in [5.74, 6) is -0.275. The second-order valence-corrected chi connectivity index (χ2v) is 5.41. The number of nitrogens with zero attached hydrogens (tertiary/aromatic N) is 2. The Bertz CT molecular complexity index is 735. The number of nitrogens with one attached hydrogen (secondary N) is 1. The van der Waals surface area contributed by atoms with E-state index in [1.54, 1.807) is 38.2 Å². The highest BCUT2D eigenvalue weighted by molar-refractivity contribution is 5.73. The molecular weight excluding hydrogens is 293 g/mol. The maximum atomic E-state index is 13.5. The Labute approximate surface area is 135 Å². The average molecular weight is 311 g/mol. The molecule has 0 aliphatic heterocycles. The van der Waals surface area contributed by atoms with Gasteiger partial charge in [-0.25, -0.2) is 9.18 Å². The molecule has 2 aromatic rings. The third kappa shape index (κ3) is 4.55. The normalized spacial score (nSPS) is 10.0. The van der Waals surface area contributed by atoms with Crippen LogP contribution in [0.15, 0.2) is 42.5 Å². The molecule has 0 fully saturated rings. The van der Waals surface area contributed by atoms with E-state index in [9.17, 15) is 9.18 Å². The number of halogens is 1. The molecule has 0 saturated heterocycles. The number of urea groups is 1. The lowest BCUT2D eigenvalue weighted by atomic mass is 10.1. The van der Waals surface area contributed by atoms with Crippen molar-refractivity contribution >= 4 is 6.03 Å². The van der Waals surface area contributed by atoms with Crippen molar-refractivity contribution in [2.45, 2.75) is 20.0 Å². The van der Waals surface area contributed by atoms with Crippen LogP contribution in [0.4, 0.5) is 9.18 Å². The number of carbonyl (C=O) groups is 1. The van der Waals surface area contributed by atoms with Gasteiger partial charge in [0, 0.05) is 20.1 Å². The molecule has 0 bridgehead atoms. The topological polar surface area (TPSA) is 56.1 Å². The molecule has 23 heavy (non-hydrogen) atoms. The first-order valence-corrected chi connectivity index (χ1v) is 7.22. The molecule has 0 radical (unpaired) electrons. The van der Waals surface area contributed by atoms with Crippen molar-refractivity contribution in [1.82, 2.24) is 10.2 Å². The van der Waals surface area contributed by atoms with Gasteiger partial charge < -0.3 is 10.2 Å². The van der Waals surface area contributed by atoms with Crippen molar-refractivity contribution in [3.8, 4) is 6.07 Å². The van der Waals surface area contributed by atoms with E-state index in [0.717, 1.165) is 5.56 Å². The summed E-state index contributed by atoms with van der Waals surface area (Å²) in [7, 11) is 1.68. The van der Waals surface area contributed by atoms with E-state index >= 15 is 0 Å². The van der Waals surface area contributed by atoms with Crippen molar-refractivity contribution in [2.24, 2.45) is 0 Å². The summed E-state index contributed by atoms with van der Waals surface area (Å²) >= 11 is 0. The Morgan fingerprint density at radius 2 is 1.87 bits per heavy atom. The number of benzene rings is 2. The smallest absolute Gasteiger partial charge is 0.317 e. The van der Waals surface area contributed by atoms with Crippen molar-refractivity contribution < 1.29 is 9.18 Å². The molecule has 0 heterocycles. The number of nitriles is 1. The summed E-state index contributed by atoms with van der Waals surface area (Å²) in [6.45, 7) is 2.40. The molecule has 2 rings (SSSR count). The van der Waals surface area contributed by atoms with Crippen LogP contribution in [0, 0.1) is 24.1 Å². The van der Waals surface area contributed by atoms with Crippen molar-refractivity contribution in [2.75, 3.05) is 7.05 Å². The Morgan fingerprint density at radius 3 is 2.48 bits per heavy atom. The van der Waals surface area contributed by atoms with E-state index < -0.39 is 0 Å². The van der Waals surface area contributed by atoms with Crippen molar-refractivity contribution in [3.05, 3.63) is 70.5 Å². The van der Waals surface area contributed by atoms with Crippen LogP contribution in [0.3, 0.4) is 0 Å². The van der Waals surface area contributed by atoms with Gasteiger partial charge in [0.05, 0.1) is 11.6 Å². The predicted octanol–water partition coefficient (Wildman–Crippen LogP) is 3.35. The minimum Gasteiger partial charge on any atom is -0.334 e. The summed E-state index contributed by atoms with van der Waals surface area (Å²) in [5.41, 5.74) is 2.82. The van der Waals surface area contributed by atoms with Crippen LogP contribution in [0.2, 0.25) is 0 Å². The molecule has 5 heteroatoms. The number of carbonyl (C=O) groups excluding carboxylic acids is 1. The summed E-state index contributed by atoms with van der Waals surface area (Å²) in [5, 5.41) is 11.5. The number of rotatable bonds is 4. The van der Waals surface area contributed by atoms with Crippen LogP contribution >= 0.6 is 0 Å². The highest BCUT2D eigenvalue weighted by Gasteiger charge is 2.09. The summed E-state index contributed by atoms with van der Waals surface area (Å²) in [6.07, 6.45) is 0. The molecule has 0 aromatic heterocycles.